The minimum absolute atomic E-state index is 0.216. The average molecular weight is 393 g/mol. The lowest BCUT2D eigenvalue weighted by molar-refractivity contribution is -0.120. The van der Waals surface area contributed by atoms with Crippen LogP contribution in [0.4, 0.5) is 4.39 Å². The highest BCUT2D eigenvalue weighted by Crippen LogP contribution is 2.31. The smallest absolute Gasteiger partial charge is 0.249 e. The van der Waals surface area contributed by atoms with Gasteiger partial charge in [0.1, 0.15) is 5.82 Å². The van der Waals surface area contributed by atoms with Gasteiger partial charge in [-0.05, 0) is 30.2 Å². The van der Waals surface area contributed by atoms with Crippen LogP contribution in [-0.2, 0) is 16.1 Å². The summed E-state index contributed by atoms with van der Waals surface area (Å²) in [6.45, 7) is 4.87. The van der Waals surface area contributed by atoms with Crippen LogP contribution in [0.15, 0.2) is 59.4 Å². The molecule has 7 heteroatoms. The quantitative estimate of drug-likeness (QED) is 0.809. The number of hydrogen-bond donors (Lipinski definition) is 2. The number of amides is 1. The SMILES string of the molecule is C=C/C(Cl)=C1\CC(C(=O)N[C@H]2CCOCC2O)=CN1Cc1ccc(F)cc1. The van der Waals surface area contributed by atoms with Crippen LogP contribution in [-0.4, -0.2) is 41.3 Å². The standard InChI is InChI=1S/C20H22ClFN2O3/c1-2-16(21)18-9-14(20(26)23-17-7-8-27-12-19(17)25)11-24(18)10-13-3-5-15(22)6-4-13/h2-6,11,17,19,25H,1,7-10,12H2,(H,23,26)/b18-16-/t17-,19?/m0/s1. The first-order valence-electron chi connectivity index (χ1n) is 8.77. The van der Waals surface area contributed by atoms with Gasteiger partial charge in [-0.1, -0.05) is 30.3 Å². The number of ether oxygens (including phenoxy) is 1. The Morgan fingerprint density at radius 2 is 2.19 bits per heavy atom. The summed E-state index contributed by atoms with van der Waals surface area (Å²) in [4.78, 5) is 14.5. The van der Waals surface area contributed by atoms with E-state index in [0.29, 0.717) is 36.6 Å². The van der Waals surface area contributed by atoms with Gasteiger partial charge in [0, 0.05) is 37.0 Å². The summed E-state index contributed by atoms with van der Waals surface area (Å²) >= 11 is 6.28. The molecule has 2 heterocycles. The van der Waals surface area contributed by atoms with E-state index in [9.17, 15) is 14.3 Å². The molecule has 144 valence electrons. The monoisotopic (exact) mass is 392 g/mol. The lowest BCUT2D eigenvalue weighted by atomic mass is 10.1. The van der Waals surface area contributed by atoms with E-state index in [-0.39, 0.29) is 24.4 Å². The number of nitrogens with zero attached hydrogens (tertiary/aromatic N) is 1. The Hall–Kier alpha value is -2.15. The van der Waals surface area contributed by atoms with Crippen LogP contribution < -0.4 is 5.32 Å². The molecular formula is C20H22ClFN2O3. The maximum atomic E-state index is 13.1. The third-order valence-electron chi connectivity index (χ3n) is 4.67. The third kappa shape index (κ3) is 4.77. The second-order valence-corrected chi connectivity index (χ2v) is 7.00. The Labute approximate surface area is 162 Å². The molecule has 2 aliphatic heterocycles. The Kier molecular flexibility index (Phi) is 6.31. The van der Waals surface area contributed by atoms with Gasteiger partial charge in [0.25, 0.3) is 0 Å². The predicted molar refractivity (Wildman–Crippen MR) is 101 cm³/mol. The normalized spacial score (nSPS) is 24.4. The van der Waals surface area contributed by atoms with Crippen molar-refractivity contribution >= 4 is 17.5 Å². The molecule has 2 atom stereocenters. The van der Waals surface area contributed by atoms with Crippen LogP contribution in [0.1, 0.15) is 18.4 Å². The first-order chi connectivity index (χ1) is 13.0. The second kappa shape index (κ2) is 8.69. The molecule has 2 aliphatic rings. The molecule has 0 bridgehead atoms. The lowest BCUT2D eigenvalue weighted by Crippen LogP contribution is -2.49. The van der Waals surface area contributed by atoms with Crippen molar-refractivity contribution in [3.05, 3.63) is 70.8 Å². The van der Waals surface area contributed by atoms with Gasteiger partial charge < -0.3 is 20.1 Å². The Morgan fingerprint density at radius 1 is 1.44 bits per heavy atom. The van der Waals surface area contributed by atoms with Crippen molar-refractivity contribution in [3.8, 4) is 0 Å². The summed E-state index contributed by atoms with van der Waals surface area (Å²) in [5.41, 5.74) is 2.19. The van der Waals surface area contributed by atoms with E-state index in [0.717, 1.165) is 11.3 Å². The van der Waals surface area contributed by atoms with E-state index in [1.165, 1.54) is 18.2 Å². The van der Waals surface area contributed by atoms with E-state index in [1.807, 2.05) is 4.90 Å². The molecule has 1 amide bonds. The van der Waals surface area contributed by atoms with Crippen molar-refractivity contribution in [2.24, 2.45) is 0 Å². The van der Waals surface area contributed by atoms with Crippen LogP contribution >= 0.6 is 11.6 Å². The number of rotatable bonds is 5. The first kappa shape index (κ1) is 19.6. The molecule has 0 spiro atoms. The van der Waals surface area contributed by atoms with Gasteiger partial charge in [0.2, 0.25) is 5.91 Å². The van der Waals surface area contributed by atoms with Crippen molar-refractivity contribution < 1.29 is 19.0 Å². The molecule has 5 nitrogen and oxygen atoms in total. The molecule has 1 unspecified atom stereocenters. The molecule has 0 radical (unpaired) electrons. The van der Waals surface area contributed by atoms with Crippen molar-refractivity contribution in [2.75, 3.05) is 13.2 Å². The van der Waals surface area contributed by atoms with Gasteiger partial charge in [0.05, 0.1) is 23.8 Å². The molecule has 0 aliphatic carbocycles. The number of hydrogen-bond acceptors (Lipinski definition) is 4. The minimum Gasteiger partial charge on any atom is -0.389 e. The maximum Gasteiger partial charge on any atom is 0.249 e. The van der Waals surface area contributed by atoms with Gasteiger partial charge in [-0.2, -0.15) is 0 Å². The predicted octanol–water partition coefficient (Wildman–Crippen LogP) is 2.82. The molecular weight excluding hydrogens is 371 g/mol. The van der Waals surface area contributed by atoms with Gasteiger partial charge in [-0.25, -0.2) is 4.39 Å². The van der Waals surface area contributed by atoms with Gasteiger partial charge >= 0.3 is 0 Å². The Morgan fingerprint density at radius 3 is 2.85 bits per heavy atom. The highest BCUT2D eigenvalue weighted by atomic mass is 35.5. The number of allylic oxidation sites excluding steroid dienone is 3. The minimum atomic E-state index is -0.716. The van der Waals surface area contributed by atoms with E-state index in [1.54, 1.807) is 18.3 Å². The summed E-state index contributed by atoms with van der Waals surface area (Å²) in [6.07, 6.45) is 3.48. The molecule has 2 N–H and O–H groups in total. The zero-order valence-electron chi connectivity index (χ0n) is 14.8. The molecule has 0 saturated carbocycles. The van der Waals surface area contributed by atoms with E-state index in [4.69, 9.17) is 16.3 Å². The van der Waals surface area contributed by atoms with Gasteiger partial charge in [-0.15, -0.1) is 0 Å². The number of benzene rings is 1. The number of halogens is 2. The summed E-state index contributed by atoms with van der Waals surface area (Å²) in [5.74, 6) is -0.542. The molecule has 1 fully saturated rings. The molecule has 1 aromatic rings. The number of carbonyl (C=O) groups is 1. The highest BCUT2D eigenvalue weighted by Gasteiger charge is 2.29. The Bertz CT molecular complexity index is 776. The van der Waals surface area contributed by atoms with Crippen LogP contribution in [0, 0.1) is 5.82 Å². The van der Waals surface area contributed by atoms with E-state index in [2.05, 4.69) is 11.9 Å². The van der Waals surface area contributed by atoms with Gasteiger partial charge in [-0.3, -0.25) is 4.79 Å². The van der Waals surface area contributed by atoms with Crippen molar-refractivity contribution in [1.29, 1.82) is 0 Å². The van der Waals surface area contributed by atoms with Crippen molar-refractivity contribution in [1.82, 2.24) is 10.2 Å². The first-order valence-corrected chi connectivity index (χ1v) is 9.15. The van der Waals surface area contributed by atoms with Crippen LogP contribution in [0.2, 0.25) is 0 Å². The maximum absolute atomic E-state index is 13.1. The fourth-order valence-electron chi connectivity index (χ4n) is 3.15. The number of aliphatic hydroxyl groups excluding tert-OH is 1. The van der Waals surface area contributed by atoms with Crippen molar-refractivity contribution in [3.63, 3.8) is 0 Å². The summed E-state index contributed by atoms with van der Waals surface area (Å²) in [6, 6.07) is 5.85. The van der Waals surface area contributed by atoms with Crippen LogP contribution in [0.5, 0.6) is 0 Å². The van der Waals surface area contributed by atoms with E-state index < -0.39 is 6.10 Å². The zero-order chi connectivity index (χ0) is 19.4. The lowest BCUT2D eigenvalue weighted by Gasteiger charge is -2.28. The molecule has 1 aromatic carbocycles. The summed E-state index contributed by atoms with van der Waals surface area (Å²) < 4.78 is 18.3. The van der Waals surface area contributed by atoms with Gasteiger partial charge in [0.15, 0.2) is 0 Å². The fraction of sp³-hybridized carbons (Fsp3) is 0.350. The van der Waals surface area contributed by atoms with E-state index >= 15 is 0 Å². The largest absolute Gasteiger partial charge is 0.389 e. The van der Waals surface area contributed by atoms with Crippen LogP contribution in [0.25, 0.3) is 0 Å². The summed E-state index contributed by atoms with van der Waals surface area (Å²) in [5, 5.41) is 13.3. The average Bonchev–Trinajstić information content (AvgIpc) is 3.09. The molecule has 3 rings (SSSR count). The van der Waals surface area contributed by atoms with Crippen LogP contribution in [0.3, 0.4) is 0 Å². The fourth-order valence-corrected chi connectivity index (χ4v) is 3.33. The molecule has 27 heavy (non-hydrogen) atoms. The Balaban J connectivity index is 1.76. The highest BCUT2D eigenvalue weighted by molar-refractivity contribution is 6.31. The molecule has 0 aromatic heterocycles. The number of aliphatic hydroxyl groups is 1. The second-order valence-electron chi connectivity index (χ2n) is 6.60. The topological polar surface area (TPSA) is 61.8 Å². The summed E-state index contributed by atoms with van der Waals surface area (Å²) in [7, 11) is 0. The zero-order valence-corrected chi connectivity index (χ0v) is 15.6. The number of nitrogens with one attached hydrogen (secondary N) is 1. The molecule has 1 saturated heterocycles. The number of carbonyl (C=O) groups excluding carboxylic acids is 1. The third-order valence-corrected chi connectivity index (χ3v) is 5.04. The van der Waals surface area contributed by atoms with Crippen molar-refractivity contribution in [2.45, 2.75) is 31.5 Å².